The molecule has 7 nitrogen and oxygen atoms in total. The van der Waals surface area contributed by atoms with E-state index in [0.29, 0.717) is 4.32 Å². The number of Topliss-reactive ketones (excluding diaryl/α,β-unsaturated/α-hetero) is 1. The van der Waals surface area contributed by atoms with Crippen molar-refractivity contribution in [2.75, 3.05) is 24.6 Å². The van der Waals surface area contributed by atoms with Crippen molar-refractivity contribution < 1.29 is 4.79 Å². The van der Waals surface area contributed by atoms with Crippen LogP contribution in [0, 0.1) is 0 Å². The number of ketones is 1. The number of H-pyrrole nitrogens is 1. The van der Waals surface area contributed by atoms with Gasteiger partial charge in [0.2, 0.25) is 0 Å². The van der Waals surface area contributed by atoms with Gasteiger partial charge in [-0.05, 0) is 12.8 Å². The second-order valence-corrected chi connectivity index (χ2v) is 6.36. The molecule has 0 atom stereocenters. The summed E-state index contributed by atoms with van der Waals surface area (Å²) >= 11 is 6.47. The van der Waals surface area contributed by atoms with Crippen molar-refractivity contribution in [3.05, 3.63) is 26.4 Å². The maximum atomic E-state index is 12.2. The Labute approximate surface area is 130 Å². The number of anilines is 1. The summed E-state index contributed by atoms with van der Waals surface area (Å²) in [5.41, 5.74) is 4.10. The Morgan fingerprint density at radius 2 is 2.00 bits per heavy atom. The molecule has 1 aromatic rings. The normalized spacial score (nSPS) is 14.4. The molecule has 1 aliphatic heterocycles. The molecule has 2 heterocycles. The average Bonchev–Trinajstić information content (AvgIpc) is 2.96. The van der Waals surface area contributed by atoms with Gasteiger partial charge in [0.15, 0.2) is 5.78 Å². The summed E-state index contributed by atoms with van der Waals surface area (Å²) < 4.78 is 1.69. The smallest absolute Gasteiger partial charge is 0.329 e. The molecular formula is C12H16N4O3S2. The van der Waals surface area contributed by atoms with Crippen LogP contribution in [-0.4, -0.2) is 43.4 Å². The predicted molar refractivity (Wildman–Crippen MR) is 86.9 cm³/mol. The molecule has 9 heteroatoms. The third-order valence-corrected chi connectivity index (χ3v) is 4.86. The molecule has 3 N–H and O–H groups in total. The van der Waals surface area contributed by atoms with Gasteiger partial charge in [-0.2, -0.15) is 0 Å². The maximum Gasteiger partial charge on any atom is 0.329 e. The number of aromatic amines is 1. The van der Waals surface area contributed by atoms with Crippen LogP contribution in [0.4, 0.5) is 5.82 Å². The molecule has 1 saturated heterocycles. The summed E-state index contributed by atoms with van der Waals surface area (Å²) in [4.78, 5) is 39.4. The highest BCUT2D eigenvalue weighted by Crippen LogP contribution is 2.17. The number of hydrogen-bond donors (Lipinski definition) is 2. The molecule has 1 aromatic heterocycles. The molecule has 2 rings (SSSR count). The van der Waals surface area contributed by atoms with Gasteiger partial charge in [-0.25, -0.2) is 4.79 Å². The number of nitrogen functional groups attached to an aromatic ring is 1. The third kappa shape index (κ3) is 3.35. The molecule has 0 unspecified atom stereocenters. The molecule has 21 heavy (non-hydrogen) atoms. The largest absolute Gasteiger partial charge is 0.384 e. The van der Waals surface area contributed by atoms with Crippen LogP contribution in [0.5, 0.6) is 0 Å². The molecule has 1 fully saturated rings. The minimum absolute atomic E-state index is 0.0286. The van der Waals surface area contributed by atoms with E-state index in [0.717, 1.165) is 30.5 Å². The van der Waals surface area contributed by atoms with Gasteiger partial charge in [0.25, 0.3) is 5.56 Å². The van der Waals surface area contributed by atoms with Crippen LogP contribution in [0.1, 0.15) is 23.2 Å². The number of rotatable bonds is 3. The van der Waals surface area contributed by atoms with Crippen molar-refractivity contribution in [1.82, 2.24) is 14.5 Å². The van der Waals surface area contributed by atoms with E-state index in [-0.39, 0.29) is 17.1 Å². The zero-order chi connectivity index (χ0) is 15.6. The fourth-order valence-corrected chi connectivity index (χ4v) is 3.22. The zero-order valence-corrected chi connectivity index (χ0v) is 13.2. The number of nitrogens with zero attached hydrogens (tertiary/aromatic N) is 2. The Bertz CT molecular complexity index is 689. The summed E-state index contributed by atoms with van der Waals surface area (Å²) in [5.74, 6) is -0.529. The Hall–Kier alpha value is -1.61. The van der Waals surface area contributed by atoms with Gasteiger partial charge in [-0.3, -0.25) is 19.1 Å². The first-order valence-corrected chi connectivity index (χ1v) is 7.85. The lowest BCUT2D eigenvalue weighted by Gasteiger charge is -2.17. The van der Waals surface area contributed by atoms with Crippen LogP contribution in [0.2, 0.25) is 0 Å². The Morgan fingerprint density at radius 1 is 1.38 bits per heavy atom. The topological polar surface area (TPSA) is 101 Å². The van der Waals surface area contributed by atoms with E-state index in [1.807, 2.05) is 4.90 Å². The first-order valence-electron chi connectivity index (χ1n) is 6.45. The number of aromatic nitrogens is 2. The van der Waals surface area contributed by atoms with E-state index < -0.39 is 17.0 Å². The molecule has 0 radical (unpaired) electrons. The number of carbonyl (C=O) groups excluding carboxylic acids is 1. The van der Waals surface area contributed by atoms with Crippen LogP contribution >= 0.6 is 24.0 Å². The van der Waals surface area contributed by atoms with Gasteiger partial charge >= 0.3 is 5.69 Å². The quantitative estimate of drug-likeness (QED) is 0.592. The Morgan fingerprint density at radius 3 is 2.62 bits per heavy atom. The van der Waals surface area contributed by atoms with Crippen LogP contribution in [0.25, 0.3) is 0 Å². The summed E-state index contributed by atoms with van der Waals surface area (Å²) in [6.45, 7) is 1.81. The van der Waals surface area contributed by atoms with Gasteiger partial charge in [0, 0.05) is 20.1 Å². The van der Waals surface area contributed by atoms with Crippen molar-refractivity contribution >= 4 is 39.9 Å². The van der Waals surface area contributed by atoms with Crippen molar-refractivity contribution in [3.8, 4) is 0 Å². The number of likely N-dealkylation sites (tertiary alicyclic amines) is 1. The predicted octanol–water partition coefficient (Wildman–Crippen LogP) is -0.0476. The molecule has 1 aliphatic rings. The van der Waals surface area contributed by atoms with Crippen molar-refractivity contribution in [1.29, 1.82) is 0 Å². The van der Waals surface area contributed by atoms with Gasteiger partial charge in [-0.1, -0.05) is 24.0 Å². The lowest BCUT2D eigenvalue weighted by Crippen LogP contribution is -2.35. The van der Waals surface area contributed by atoms with Crippen molar-refractivity contribution in [2.24, 2.45) is 7.05 Å². The molecular weight excluding hydrogens is 312 g/mol. The minimum Gasteiger partial charge on any atom is -0.384 e. The minimum atomic E-state index is -0.756. The van der Waals surface area contributed by atoms with E-state index in [2.05, 4.69) is 4.98 Å². The number of carbonyl (C=O) groups is 1. The van der Waals surface area contributed by atoms with Crippen LogP contribution in [0.3, 0.4) is 0 Å². The SMILES string of the molecule is Cn1c(N)c(C(=O)CSC(=S)N2CCCC2)c(=O)[nH]c1=O. The van der Waals surface area contributed by atoms with E-state index in [4.69, 9.17) is 18.0 Å². The number of hydrogen-bond acceptors (Lipinski definition) is 6. The molecule has 0 saturated carbocycles. The molecule has 0 spiro atoms. The van der Waals surface area contributed by atoms with Crippen LogP contribution < -0.4 is 17.0 Å². The average molecular weight is 328 g/mol. The lowest BCUT2D eigenvalue weighted by molar-refractivity contribution is 0.102. The monoisotopic (exact) mass is 328 g/mol. The first kappa shape index (κ1) is 15.8. The molecule has 0 bridgehead atoms. The van der Waals surface area contributed by atoms with Crippen molar-refractivity contribution in [2.45, 2.75) is 12.8 Å². The standard InChI is InChI=1S/C12H16N4O3S2/c1-15-9(13)8(10(18)14-11(15)19)7(17)6-21-12(20)16-4-2-3-5-16/h2-6,13H2,1H3,(H,14,18,19). The second kappa shape index (κ2) is 6.44. The molecule has 0 aliphatic carbocycles. The highest BCUT2D eigenvalue weighted by atomic mass is 32.2. The highest BCUT2D eigenvalue weighted by molar-refractivity contribution is 8.23. The number of nitrogens with two attached hydrogens (primary N) is 1. The van der Waals surface area contributed by atoms with E-state index >= 15 is 0 Å². The van der Waals surface area contributed by atoms with E-state index in [1.165, 1.54) is 18.8 Å². The summed E-state index contributed by atoms with van der Waals surface area (Å²) in [6, 6.07) is 0. The van der Waals surface area contributed by atoms with Crippen molar-refractivity contribution in [3.63, 3.8) is 0 Å². The zero-order valence-electron chi connectivity index (χ0n) is 11.5. The fraction of sp³-hybridized carbons (Fsp3) is 0.500. The second-order valence-electron chi connectivity index (χ2n) is 4.75. The van der Waals surface area contributed by atoms with Gasteiger partial charge in [0.05, 0.1) is 5.75 Å². The van der Waals surface area contributed by atoms with Crippen LogP contribution in [-0.2, 0) is 7.05 Å². The number of nitrogens with one attached hydrogen (secondary N) is 1. The van der Waals surface area contributed by atoms with Gasteiger partial charge in [-0.15, -0.1) is 0 Å². The molecule has 114 valence electrons. The van der Waals surface area contributed by atoms with Crippen LogP contribution in [0.15, 0.2) is 9.59 Å². The maximum absolute atomic E-state index is 12.2. The van der Waals surface area contributed by atoms with E-state index in [1.54, 1.807) is 0 Å². The lowest BCUT2D eigenvalue weighted by atomic mass is 10.2. The Balaban J connectivity index is 2.11. The summed E-state index contributed by atoms with van der Waals surface area (Å²) in [7, 11) is 1.40. The number of thiocarbonyl (C=S) groups is 1. The fourth-order valence-electron chi connectivity index (χ4n) is 2.10. The summed E-state index contributed by atoms with van der Waals surface area (Å²) in [6.07, 6.45) is 2.20. The van der Waals surface area contributed by atoms with Gasteiger partial charge < -0.3 is 10.6 Å². The molecule has 0 amide bonds. The van der Waals surface area contributed by atoms with Gasteiger partial charge in [0.1, 0.15) is 15.7 Å². The van der Waals surface area contributed by atoms with E-state index in [9.17, 15) is 14.4 Å². The third-order valence-electron chi connectivity index (χ3n) is 3.34. The Kier molecular flexibility index (Phi) is 4.84. The highest BCUT2D eigenvalue weighted by Gasteiger charge is 2.20. The molecule has 0 aromatic carbocycles. The summed E-state index contributed by atoms with van der Waals surface area (Å²) in [5, 5.41) is 0. The first-order chi connectivity index (χ1) is 9.91. The number of thioether (sulfide) groups is 1.